The number of hydrogen-bond donors (Lipinski definition) is 2. The first-order valence-electron chi connectivity index (χ1n) is 14.8. The van der Waals surface area contributed by atoms with Crippen LogP contribution in [0.25, 0.3) is 0 Å². The molecule has 1 heterocycles. The number of ether oxygens (including phenoxy) is 4. The van der Waals surface area contributed by atoms with E-state index in [2.05, 4.69) is 5.32 Å². The number of phenolic OH excluding ortho intramolecular Hbond substituents is 1. The van der Waals surface area contributed by atoms with E-state index in [1.165, 1.54) is 31.3 Å². The van der Waals surface area contributed by atoms with Crippen molar-refractivity contribution in [2.45, 2.75) is 90.9 Å². The van der Waals surface area contributed by atoms with Gasteiger partial charge in [0.1, 0.15) is 34.8 Å². The summed E-state index contributed by atoms with van der Waals surface area (Å²) >= 11 is 0. The summed E-state index contributed by atoms with van der Waals surface area (Å²) in [6.07, 6.45) is 0.572. The quantitative estimate of drug-likeness (QED) is 0.283. The molecule has 3 amide bonds. The van der Waals surface area contributed by atoms with Crippen molar-refractivity contribution in [1.29, 1.82) is 0 Å². The zero-order valence-corrected chi connectivity index (χ0v) is 27.5. The van der Waals surface area contributed by atoms with E-state index in [4.69, 9.17) is 24.0 Å². The monoisotopic (exact) mass is 631 g/mol. The molecule has 3 rings (SSSR count). The summed E-state index contributed by atoms with van der Waals surface area (Å²) < 4.78 is 23.5. The van der Waals surface area contributed by atoms with E-state index in [9.17, 15) is 24.3 Å². The molecule has 45 heavy (non-hydrogen) atoms. The Kier molecular flexibility index (Phi) is 10.9. The molecule has 1 aliphatic carbocycles. The Labute approximate surface area is 263 Å². The number of anilines is 1. The summed E-state index contributed by atoms with van der Waals surface area (Å²) in [6.45, 7) is 12.6. The highest BCUT2D eigenvalue weighted by molar-refractivity contribution is 5.91. The van der Waals surface area contributed by atoms with Gasteiger partial charge in [0.05, 0.1) is 23.9 Å². The summed E-state index contributed by atoms with van der Waals surface area (Å²) in [6, 6.07) is 4.48. The number of carbonyl (C=O) groups excluding carboxylic acids is 4. The molecule has 1 aromatic carbocycles. The van der Waals surface area contributed by atoms with Crippen LogP contribution in [0.4, 0.5) is 15.4 Å². The first kappa shape index (κ1) is 35.0. The van der Waals surface area contributed by atoms with Crippen LogP contribution in [0.5, 0.6) is 17.2 Å². The Hall–Kier alpha value is -4.49. The predicted molar refractivity (Wildman–Crippen MR) is 165 cm³/mol. The number of aromatic nitrogens is 2. The SMILES string of the molecule is CCN(C(=O)OC1CC[C@H](c2cc(NC(=O)COc3cc(OC)cc(O)c3C=O)n(C(C)(C)C)n2)C1)N(C)C(=O)OC(C)(C)C. The predicted octanol–water partition coefficient (Wildman–Crippen LogP) is 5.06. The van der Waals surface area contributed by atoms with Gasteiger partial charge in [0.2, 0.25) is 0 Å². The molecule has 0 bridgehead atoms. The fraction of sp³-hybridized carbons (Fsp3) is 0.581. The van der Waals surface area contributed by atoms with Crippen LogP contribution in [-0.2, 0) is 19.8 Å². The number of nitrogens with one attached hydrogen (secondary N) is 1. The summed E-state index contributed by atoms with van der Waals surface area (Å²) in [4.78, 5) is 49.9. The van der Waals surface area contributed by atoms with Crippen molar-refractivity contribution in [2.24, 2.45) is 0 Å². The van der Waals surface area contributed by atoms with Crippen molar-refractivity contribution < 1.29 is 43.2 Å². The van der Waals surface area contributed by atoms with E-state index >= 15 is 0 Å². The number of nitrogens with zero attached hydrogens (tertiary/aromatic N) is 4. The van der Waals surface area contributed by atoms with Crippen LogP contribution in [0.15, 0.2) is 18.2 Å². The lowest BCUT2D eigenvalue weighted by atomic mass is 10.0. The molecule has 14 heteroatoms. The van der Waals surface area contributed by atoms with Crippen LogP contribution < -0.4 is 14.8 Å². The molecule has 2 atom stereocenters. The molecule has 0 radical (unpaired) electrons. The highest BCUT2D eigenvalue weighted by atomic mass is 16.6. The average Bonchev–Trinajstić information content (AvgIpc) is 3.58. The molecular weight excluding hydrogens is 586 g/mol. The second kappa shape index (κ2) is 14.1. The van der Waals surface area contributed by atoms with Gasteiger partial charge in [-0.3, -0.25) is 9.59 Å². The number of hydrogen-bond acceptors (Lipinski definition) is 10. The third kappa shape index (κ3) is 9.02. The lowest BCUT2D eigenvalue weighted by Gasteiger charge is -2.32. The zero-order chi connectivity index (χ0) is 33.7. The van der Waals surface area contributed by atoms with Crippen LogP contribution in [0, 0.1) is 0 Å². The topological polar surface area (TPSA) is 162 Å². The van der Waals surface area contributed by atoms with Gasteiger partial charge < -0.3 is 29.4 Å². The third-order valence-corrected chi connectivity index (χ3v) is 7.04. The van der Waals surface area contributed by atoms with E-state index in [0.29, 0.717) is 31.4 Å². The first-order chi connectivity index (χ1) is 21.0. The van der Waals surface area contributed by atoms with Crippen LogP contribution in [0.1, 0.15) is 89.7 Å². The van der Waals surface area contributed by atoms with Crippen molar-refractivity contribution in [3.63, 3.8) is 0 Å². The molecule has 14 nitrogen and oxygen atoms in total. The van der Waals surface area contributed by atoms with Gasteiger partial charge in [-0.2, -0.15) is 5.10 Å². The number of aldehydes is 1. The third-order valence-electron chi connectivity index (χ3n) is 7.04. The normalized spacial score (nSPS) is 16.5. The zero-order valence-electron chi connectivity index (χ0n) is 27.5. The number of benzene rings is 1. The Morgan fingerprint density at radius 2 is 1.80 bits per heavy atom. The Balaban J connectivity index is 1.68. The van der Waals surface area contributed by atoms with Gasteiger partial charge in [-0.1, -0.05) is 0 Å². The minimum Gasteiger partial charge on any atom is -0.507 e. The van der Waals surface area contributed by atoms with Gasteiger partial charge in [-0.15, -0.1) is 0 Å². The maximum absolute atomic E-state index is 13.0. The molecule has 2 N–H and O–H groups in total. The number of carbonyl (C=O) groups is 4. The van der Waals surface area contributed by atoms with Crippen LogP contribution in [0.2, 0.25) is 0 Å². The summed E-state index contributed by atoms with van der Waals surface area (Å²) in [5, 5.41) is 20.0. The molecule has 1 fully saturated rings. The van der Waals surface area contributed by atoms with Crippen molar-refractivity contribution >= 4 is 30.2 Å². The average molecular weight is 632 g/mol. The van der Waals surface area contributed by atoms with Gasteiger partial charge in [-0.25, -0.2) is 24.3 Å². The van der Waals surface area contributed by atoms with E-state index in [-0.39, 0.29) is 41.4 Å². The molecule has 0 spiro atoms. The molecule has 0 aliphatic heterocycles. The van der Waals surface area contributed by atoms with E-state index < -0.39 is 35.8 Å². The molecular formula is C31H45N5O9. The molecule has 1 saturated carbocycles. The van der Waals surface area contributed by atoms with Crippen LogP contribution in [-0.4, -0.2) is 88.3 Å². The van der Waals surface area contributed by atoms with Gasteiger partial charge >= 0.3 is 12.2 Å². The Bertz CT molecular complexity index is 1390. The minimum atomic E-state index is -0.713. The van der Waals surface area contributed by atoms with Gasteiger partial charge in [-0.05, 0) is 67.7 Å². The molecule has 1 unspecified atom stereocenters. The second-order valence-corrected chi connectivity index (χ2v) is 12.8. The fourth-order valence-electron chi connectivity index (χ4n) is 4.87. The van der Waals surface area contributed by atoms with Crippen molar-refractivity contribution in [2.75, 3.05) is 32.6 Å². The first-order valence-corrected chi connectivity index (χ1v) is 14.8. The molecule has 0 saturated heterocycles. The molecule has 2 aromatic rings. The van der Waals surface area contributed by atoms with E-state index in [1.807, 2.05) is 20.8 Å². The highest BCUT2D eigenvalue weighted by Crippen LogP contribution is 2.38. The van der Waals surface area contributed by atoms with Crippen LogP contribution >= 0.6 is 0 Å². The van der Waals surface area contributed by atoms with Gasteiger partial charge in [0.15, 0.2) is 12.9 Å². The lowest BCUT2D eigenvalue weighted by molar-refractivity contribution is -0.118. The summed E-state index contributed by atoms with van der Waals surface area (Å²) in [7, 11) is 2.86. The fourth-order valence-corrected chi connectivity index (χ4v) is 4.87. The maximum Gasteiger partial charge on any atom is 0.429 e. The number of phenols is 1. The molecule has 1 aromatic heterocycles. The van der Waals surface area contributed by atoms with Crippen molar-refractivity contribution in [1.82, 2.24) is 19.8 Å². The number of hydrazine groups is 1. The molecule has 248 valence electrons. The number of aromatic hydroxyl groups is 1. The second-order valence-electron chi connectivity index (χ2n) is 12.8. The van der Waals surface area contributed by atoms with Gasteiger partial charge in [0, 0.05) is 37.7 Å². The van der Waals surface area contributed by atoms with Crippen LogP contribution in [0.3, 0.4) is 0 Å². The Morgan fingerprint density at radius 1 is 1.11 bits per heavy atom. The largest absolute Gasteiger partial charge is 0.507 e. The smallest absolute Gasteiger partial charge is 0.429 e. The number of rotatable bonds is 9. The number of amides is 3. The highest BCUT2D eigenvalue weighted by Gasteiger charge is 2.35. The lowest BCUT2D eigenvalue weighted by Crippen LogP contribution is -2.49. The van der Waals surface area contributed by atoms with Crippen molar-refractivity contribution in [3.8, 4) is 17.2 Å². The summed E-state index contributed by atoms with van der Waals surface area (Å²) in [5.74, 6) is -0.139. The minimum absolute atomic E-state index is 0.00693. The van der Waals surface area contributed by atoms with E-state index in [0.717, 1.165) is 10.7 Å². The van der Waals surface area contributed by atoms with Gasteiger partial charge in [0.25, 0.3) is 5.91 Å². The summed E-state index contributed by atoms with van der Waals surface area (Å²) in [5.41, 5.74) is -0.558. The maximum atomic E-state index is 13.0. The Morgan fingerprint density at radius 3 is 2.38 bits per heavy atom. The van der Waals surface area contributed by atoms with E-state index in [1.54, 1.807) is 38.4 Å². The standard InChI is InChI=1S/C31H45N5O9/c1-10-35(34(8)28(40)45-31(5,6)7)29(41)44-20-12-11-19(13-20)23-16-26(36(33-23)30(2,3)4)32-27(39)18-43-25-15-21(42-9)14-24(38)22(25)17-37/h14-17,19-20,38H,10-13,18H2,1-9H3,(H,32,39)/t19-,20?/m0/s1. The van der Waals surface area contributed by atoms with Crippen molar-refractivity contribution in [3.05, 3.63) is 29.5 Å². The molecule has 1 aliphatic rings. The number of methoxy groups -OCH3 is 1.